The van der Waals surface area contributed by atoms with E-state index in [1.165, 1.54) is 12.8 Å². The van der Waals surface area contributed by atoms with Gasteiger partial charge in [0.05, 0.1) is 0 Å². The molecule has 0 heterocycles. The maximum atomic E-state index is 11.3. The Morgan fingerprint density at radius 2 is 1.79 bits per heavy atom. The van der Waals surface area contributed by atoms with Crippen molar-refractivity contribution >= 4 is 18.3 Å². The van der Waals surface area contributed by atoms with Crippen LogP contribution in [0, 0.1) is 11.8 Å². The molecule has 0 aromatic heterocycles. The minimum Gasteiger partial charge on any atom is -0.359 e. The quantitative estimate of drug-likeness (QED) is 0.750. The molecule has 0 unspecified atom stereocenters. The summed E-state index contributed by atoms with van der Waals surface area (Å²) < 4.78 is 0. The van der Waals surface area contributed by atoms with Gasteiger partial charge in [-0.25, -0.2) is 0 Å². The topological polar surface area (TPSA) is 41.1 Å². The molecule has 0 aliphatic heterocycles. The Hall–Kier alpha value is -0.280. The number of carbonyl (C=O) groups excluding carboxylic acids is 1. The Morgan fingerprint density at radius 3 is 2.21 bits per heavy atom. The molecule has 0 bridgehead atoms. The van der Waals surface area contributed by atoms with Crippen LogP contribution in [0.15, 0.2) is 0 Å². The van der Waals surface area contributed by atoms with Gasteiger partial charge in [0.2, 0.25) is 5.91 Å². The Kier molecular flexibility index (Phi) is 6.93. The fraction of sp³-hybridized carbons (Fsp3) is 0.900. The highest BCUT2D eigenvalue weighted by atomic mass is 35.5. The van der Waals surface area contributed by atoms with Crippen LogP contribution in [0.2, 0.25) is 0 Å². The molecular formula is C10H21ClN2O. The third-order valence-corrected chi connectivity index (χ3v) is 2.96. The van der Waals surface area contributed by atoms with Gasteiger partial charge in [0, 0.05) is 13.0 Å². The summed E-state index contributed by atoms with van der Waals surface area (Å²) >= 11 is 0. The lowest BCUT2D eigenvalue weighted by atomic mass is 9.81. The molecule has 0 atom stereocenters. The molecule has 1 fully saturated rings. The van der Waals surface area contributed by atoms with E-state index in [0.29, 0.717) is 0 Å². The predicted molar refractivity (Wildman–Crippen MR) is 60.7 cm³/mol. The van der Waals surface area contributed by atoms with Crippen LogP contribution in [0.5, 0.6) is 0 Å². The van der Waals surface area contributed by atoms with Crippen LogP contribution >= 0.6 is 12.4 Å². The third kappa shape index (κ3) is 3.84. The number of hydrogen-bond acceptors (Lipinski definition) is 2. The molecule has 84 valence electrons. The van der Waals surface area contributed by atoms with E-state index >= 15 is 0 Å². The zero-order valence-corrected chi connectivity index (χ0v) is 9.82. The summed E-state index contributed by atoms with van der Waals surface area (Å²) in [6, 6.07) is 0. The molecular weight excluding hydrogens is 200 g/mol. The van der Waals surface area contributed by atoms with Gasteiger partial charge >= 0.3 is 0 Å². The van der Waals surface area contributed by atoms with Crippen LogP contribution in [0.1, 0.15) is 25.7 Å². The van der Waals surface area contributed by atoms with Crippen LogP contribution in [-0.2, 0) is 4.79 Å². The van der Waals surface area contributed by atoms with Gasteiger partial charge in [-0.2, -0.15) is 0 Å². The van der Waals surface area contributed by atoms with Gasteiger partial charge in [0.1, 0.15) is 0 Å². The highest BCUT2D eigenvalue weighted by molar-refractivity contribution is 5.85. The first-order chi connectivity index (χ1) is 6.27. The number of hydrogen-bond donors (Lipinski definition) is 2. The summed E-state index contributed by atoms with van der Waals surface area (Å²) in [7, 11) is 3.72. The monoisotopic (exact) mass is 220 g/mol. The number of rotatable bonds is 3. The van der Waals surface area contributed by atoms with E-state index in [0.717, 1.165) is 25.3 Å². The highest BCUT2D eigenvalue weighted by Crippen LogP contribution is 2.28. The van der Waals surface area contributed by atoms with Gasteiger partial charge in [0.25, 0.3) is 0 Å². The minimum absolute atomic E-state index is 0. The van der Waals surface area contributed by atoms with Gasteiger partial charge < -0.3 is 10.6 Å². The first-order valence-corrected chi connectivity index (χ1v) is 5.14. The van der Waals surface area contributed by atoms with Crippen LogP contribution < -0.4 is 10.6 Å². The van der Waals surface area contributed by atoms with Crippen LogP contribution in [0.3, 0.4) is 0 Å². The molecule has 4 heteroatoms. The van der Waals surface area contributed by atoms with Gasteiger partial charge in [-0.15, -0.1) is 12.4 Å². The first kappa shape index (κ1) is 13.7. The van der Waals surface area contributed by atoms with Crippen LogP contribution in [-0.4, -0.2) is 26.5 Å². The van der Waals surface area contributed by atoms with Crippen molar-refractivity contribution in [2.45, 2.75) is 25.7 Å². The second-order valence-electron chi connectivity index (χ2n) is 3.89. The molecule has 1 amide bonds. The van der Waals surface area contributed by atoms with Crippen LogP contribution in [0.4, 0.5) is 0 Å². The molecule has 0 saturated heterocycles. The maximum Gasteiger partial charge on any atom is 0.222 e. The van der Waals surface area contributed by atoms with Gasteiger partial charge in [-0.1, -0.05) is 0 Å². The first-order valence-electron chi connectivity index (χ1n) is 5.14. The van der Waals surface area contributed by atoms with E-state index in [-0.39, 0.29) is 24.2 Å². The number of halogens is 1. The summed E-state index contributed by atoms with van der Waals surface area (Å²) in [5.41, 5.74) is 0. The van der Waals surface area contributed by atoms with Crippen molar-refractivity contribution in [2.75, 3.05) is 20.6 Å². The molecule has 1 rings (SSSR count). The molecule has 14 heavy (non-hydrogen) atoms. The van der Waals surface area contributed by atoms with E-state index in [2.05, 4.69) is 10.6 Å². The molecule has 1 aliphatic rings. The van der Waals surface area contributed by atoms with Gasteiger partial charge in [-0.3, -0.25) is 4.79 Å². The summed E-state index contributed by atoms with van der Waals surface area (Å²) in [6.45, 7) is 1.10. The third-order valence-electron chi connectivity index (χ3n) is 2.96. The number of carbonyl (C=O) groups is 1. The lowest BCUT2D eigenvalue weighted by Crippen LogP contribution is -2.32. The normalized spacial score (nSPS) is 26.4. The molecule has 2 N–H and O–H groups in total. The molecule has 3 nitrogen and oxygen atoms in total. The summed E-state index contributed by atoms with van der Waals surface area (Å²) in [5.74, 6) is 1.28. The lowest BCUT2D eigenvalue weighted by molar-refractivity contribution is -0.125. The smallest absolute Gasteiger partial charge is 0.222 e. The van der Waals surface area contributed by atoms with E-state index in [4.69, 9.17) is 0 Å². The van der Waals surface area contributed by atoms with E-state index in [1.54, 1.807) is 7.05 Å². The number of nitrogens with one attached hydrogen (secondary N) is 2. The van der Waals surface area contributed by atoms with Crippen molar-refractivity contribution in [3.05, 3.63) is 0 Å². The Bertz CT molecular complexity index is 168. The zero-order chi connectivity index (χ0) is 9.68. The van der Waals surface area contributed by atoms with E-state index in [9.17, 15) is 4.79 Å². The molecule has 0 radical (unpaired) electrons. The Balaban J connectivity index is 0.00000169. The van der Waals surface area contributed by atoms with E-state index in [1.807, 2.05) is 7.05 Å². The molecule has 1 saturated carbocycles. The minimum atomic E-state index is 0. The SMILES string of the molecule is CNCC1CCC(C(=O)NC)CC1.Cl. The highest BCUT2D eigenvalue weighted by Gasteiger charge is 2.24. The Morgan fingerprint density at radius 1 is 1.21 bits per heavy atom. The van der Waals surface area contributed by atoms with Crippen molar-refractivity contribution in [1.29, 1.82) is 0 Å². The average molecular weight is 221 g/mol. The Labute approximate surface area is 92.4 Å². The van der Waals surface area contributed by atoms with E-state index < -0.39 is 0 Å². The second kappa shape index (κ2) is 7.07. The predicted octanol–water partition coefficient (Wildman–Crippen LogP) is 1.18. The van der Waals surface area contributed by atoms with Crippen molar-refractivity contribution in [2.24, 2.45) is 11.8 Å². The molecule has 0 spiro atoms. The summed E-state index contributed by atoms with van der Waals surface area (Å²) in [6.07, 6.45) is 4.51. The molecule has 0 aromatic rings. The molecule has 0 aromatic carbocycles. The second-order valence-corrected chi connectivity index (χ2v) is 3.89. The van der Waals surface area contributed by atoms with Crippen molar-refractivity contribution < 1.29 is 4.79 Å². The summed E-state index contributed by atoms with van der Waals surface area (Å²) in [4.78, 5) is 11.3. The van der Waals surface area contributed by atoms with Crippen molar-refractivity contribution in [3.63, 3.8) is 0 Å². The zero-order valence-electron chi connectivity index (χ0n) is 9.01. The van der Waals surface area contributed by atoms with Crippen molar-refractivity contribution in [1.82, 2.24) is 10.6 Å². The fourth-order valence-corrected chi connectivity index (χ4v) is 2.12. The largest absolute Gasteiger partial charge is 0.359 e. The maximum absolute atomic E-state index is 11.3. The lowest BCUT2D eigenvalue weighted by Gasteiger charge is -2.27. The standard InChI is InChI=1S/C10H20N2O.ClH/c1-11-7-8-3-5-9(6-4-8)10(13)12-2;/h8-9,11H,3-7H2,1-2H3,(H,12,13);1H. The van der Waals surface area contributed by atoms with Gasteiger partial charge in [0.15, 0.2) is 0 Å². The molecule has 1 aliphatic carbocycles. The van der Waals surface area contributed by atoms with Gasteiger partial charge in [-0.05, 0) is 45.2 Å². The van der Waals surface area contributed by atoms with Crippen molar-refractivity contribution in [3.8, 4) is 0 Å². The average Bonchev–Trinajstić information content (AvgIpc) is 2.18. The number of amides is 1. The fourth-order valence-electron chi connectivity index (χ4n) is 2.12. The summed E-state index contributed by atoms with van der Waals surface area (Å²) in [5, 5.41) is 5.92. The van der Waals surface area contributed by atoms with Crippen LogP contribution in [0.25, 0.3) is 0 Å².